The van der Waals surface area contributed by atoms with Crippen LogP contribution in [0.4, 0.5) is 5.69 Å². The maximum atomic E-state index is 11.4. The number of aryl methyl sites for hydroxylation is 1. The van der Waals surface area contributed by atoms with Crippen LogP contribution in [0, 0.1) is 0 Å². The summed E-state index contributed by atoms with van der Waals surface area (Å²) in [4.78, 5) is 4.29. The van der Waals surface area contributed by atoms with Gasteiger partial charge in [0, 0.05) is 29.7 Å². The Morgan fingerprint density at radius 1 is 1.15 bits per heavy atom. The summed E-state index contributed by atoms with van der Waals surface area (Å²) in [5, 5.41) is 8.99. The highest BCUT2D eigenvalue weighted by molar-refractivity contribution is 7.89. The summed E-state index contributed by atoms with van der Waals surface area (Å²) < 4.78 is 35.9. The first-order valence-electron chi connectivity index (χ1n) is 10.8. The zero-order valence-corrected chi connectivity index (χ0v) is 19.6. The number of nitrogens with zero attached hydrogens (tertiary/aromatic N) is 3. The van der Waals surface area contributed by atoms with Gasteiger partial charge in [-0.15, -0.1) is 0 Å². The Morgan fingerprint density at radius 2 is 1.97 bits per heavy atom. The number of aromatic nitrogens is 3. The molecule has 1 aliphatic carbocycles. The maximum absolute atomic E-state index is 11.4. The standard InChI is InChI=1S/C23H29N5O4S/c1-23(2,28-11-9-21(27-28)33(25,29)30)15-31-12-13-32-20-14-17(8-10-26-20)19-7-6-16-4-3-5-18(16)22(19)24/h6-11,14H,3-5,12-13,15,24H2,1-2H3,(H2,25,29,30). The fourth-order valence-corrected chi connectivity index (χ4v) is 4.44. The predicted octanol–water partition coefficient (Wildman–Crippen LogP) is 2.49. The summed E-state index contributed by atoms with van der Waals surface area (Å²) in [6, 6.07) is 9.41. The van der Waals surface area contributed by atoms with Gasteiger partial charge in [-0.25, -0.2) is 18.5 Å². The van der Waals surface area contributed by atoms with E-state index < -0.39 is 15.6 Å². The lowest BCUT2D eigenvalue weighted by Crippen LogP contribution is -2.33. The molecule has 0 saturated heterocycles. The van der Waals surface area contributed by atoms with E-state index >= 15 is 0 Å². The highest BCUT2D eigenvalue weighted by atomic mass is 32.2. The van der Waals surface area contributed by atoms with Gasteiger partial charge >= 0.3 is 0 Å². The average Bonchev–Trinajstić information content (AvgIpc) is 3.44. The third-order valence-electron chi connectivity index (χ3n) is 5.78. The van der Waals surface area contributed by atoms with Gasteiger partial charge in [-0.2, -0.15) is 5.10 Å². The molecule has 0 amide bonds. The normalized spacial score (nSPS) is 13.8. The van der Waals surface area contributed by atoms with E-state index in [1.54, 1.807) is 12.4 Å². The highest BCUT2D eigenvalue weighted by Gasteiger charge is 2.24. The van der Waals surface area contributed by atoms with E-state index in [4.69, 9.17) is 20.3 Å². The van der Waals surface area contributed by atoms with Gasteiger partial charge in [0.15, 0.2) is 5.03 Å². The molecule has 33 heavy (non-hydrogen) atoms. The van der Waals surface area contributed by atoms with Crippen LogP contribution in [0.5, 0.6) is 5.88 Å². The fourth-order valence-electron chi connectivity index (χ4n) is 3.99. The number of sulfonamides is 1. The van der Waals surface area contributed by atoms with Crippen molar-refractivity contribution in [2.75, 3.05) is 25.6 Å². The third kappa shape index (κ3) is 5.18. The van der Waals surface area contributed by atoms with Crippen molar-refractivity contribution < 1.29 is 17.9 Å². The Bertz CT molecular complexity index is 1250. The SMILES string of the molecule is CC(C)(COCCOc1cc(-c2ccc3c(c2N)CCC3)ccn1)n1ccc(S(N)(=O)=O)n1. The smallest absolute Gasteiger partial charge is 0.257 e. The van der Waals surface area contributed by atoms with Crippen LogP contribution in [0.15, 0.2) is 47.8 Å². The lowest BCUT2D eigenvalue weighted by molar-refractivity contribution is 0.0425. The molecule has 3 aromatic rings. The van der Waals surface area contributed by atoms with Crippen LogP contribution in [0.25, 0.3) is 11.1 Å². The second kappa shape index (κ2) is 9.12. The van der Waals surface area contributed by atoms with Gasteiger partial charge in [0.05, 0.1) is 18.8 Å². The van der Waals surface area contributed by atoms with E-state index in [-0.39, 0.29) is 5.03 Å². The maximum Gasteiger partial charge on any atom is 0.257 e. The molecule has 0 radical (unpaired) electrons. The van der Waals surface area contributed by atoms with Crippen LogP contribution in [0.1, 0.15) is 31.4 Å². The Hall–Kier alpha value is -2.95. The van der Waals surface area contributed by atoms with E-state index in [9.17, 15) is 8.42 Å². The van der Waals surface area contributed by atoms with Crippen LogP contribution in [0.2, 0.25) is 0 Å². The minimum absolute atomic E-state index is 0.172. The molecule has 2 heterocycles. The van der Waals surface area contributed by atoms with Crippen molar-refractivity contribution in [3.05, 3.63) is 53.9 Å². The number of ether oxygens (including phenoxy) is 2. The van der Waals surface area contributed by atoms with Crippen molar-refractivity contribution in [2.24, 2.45) is 5.14 Å². The average molecular weight is 472 g/mol. The van der Waals surface area contributed by atoms with Gasteiger partial charge in [0.25, 0.3) is 10.0 Å². The summed E-state index contributed by atoms with van der Waals surface area (Å²) in [7, 11) is -3.84. The Balaban J connectivity index is 1.31. The predicted molar refractivity (Wildman–Crippen MR) is 125 cm³/mol. The first-order chi connectivity index (χ1) is 15.6. The van der Waals surface area contributed by atoms with E-state index in [1.165, 1.54) is 21.9 Å². The van der Waals surface area contributed by atoms with E-state index in [0.29, 0.717) is 25.7 Å². The molecular formula is C23H29N5O4S. The number of hydrogen-bond donors (Lipinski definition) is 2. The van der Waals surface area contributed by atoms with Gasteiger partial charge in [0.1, 0.15) is 6.61 Å². The molecule has 0 unspecified atom stereocenters. The molecule has 0 atom stereocenters. The number of anilines is 1. The Morgan fingerprint density at radius 3 is 2.73 bits per heavy atom. The highest BCUT2D eigenvalue weighted by Crippen LogP contribution is 2.35. The van der Waals surface area contributed by atoms with Gasteiger partial charge in [-0.05, 0) is 61.9 Å². The number of primary sulfonamides is 1. The van der Waals surface area contributed by atoms with Gasteiger partial charge in [-0.3, -0.25) is 4.68 Å². The zero-order valence-electron chi connectivity index (χ0n) is 18.8. The molecule has 0 bridgehead atoms. The van der Waals surface area contributed by atoms with Crippen molar-refractivity contribution in [1.29, 1.82) is 0 Å². The molecule has 4 N–H and O–H groups in total. The summed E-state index contributed by atoms with van der Waals surface area (Å²) in [6.45, 7) is 4.73. The number of fused-ring (bicyclic) bond motifs is 1. The number of nitrogens with two attached hydrogens (primary N) is 2. The molecule has 2 aromatic heterocycles. The lowest BCUT2D eigenvalue weighted by Gasteiger charge is -2.25. The van der Waals surface area contributed by atoms with Gasteiger partial charge in [0.2, 0.25) is 5.88 Å². The van der Waals surface area contributed by atoms with Crippen molar-refractivity contribution >= 4 is 15.7 Å². The molecule has 0 saturated carbocycles. The van der Waals surface area contributed by atoms with Crippen LogP contribution >= 0.6 is 0 Å². The van der Waals surface area contributed by atoms with Crippen LogP contribution in [-0.4, -0.2) is 43.0 Å². The lowest BCUT2D eigenvalue weighted by atomic mass is 9.98. The molecule has 1 aliphatic rings. The van der Waals surface area contributed by atoms with Crippen LogP contribution < -0.4 is 15.6 Å². The van der Waals surface area contributed by atoms with Crippen molar-refractivity contribution in [3.8, 4) is 17.0 Å². The molecule has 4 rings (SSSR count). The summed E-state index contributed by atoms with van der Waals surface area (Å²) in [5.41, 5.74) is 11.3. The van der Waals surface area contributed by atoms with Crippen molar-refractivity contribution in [2.45, 2.75) is 43.7 Å². The monoisotopic (exact) mass is 471 g/mol. The molecule has 176 valence electrons. The zero-order chi connectivity index (χ0) is 23.6. The number of hydrogen-bond acceptors (Lipinski definition) is 7. The van der Waals surface area contributed by atoms with Crippen LogP contribution in [-0.2, 0) is 33.1 Å². The number of pyridine rings is 1. The second-order valence-corrected chi connectivity index (χ2v) is 10.3. The second-order valence-electron chi connectivity index (χ2n) is 8.76. The largest absolute Gasteiger partial charge is 0.475 e. The summed E-state index contributed by atoms with van der Waals surface area (Å²) in [6.07, 6.45) is 6.55. The molecule has 0 fully saturated rings. The van der Waals surface area contributed by atoms with E-state index in [1.807, 2.05) is 26.0 Å². The molecule has 9 nitrogen and oxygen atoms in total. The quantitative estimate of drug-likeness (QED) is 0.361. The Kier molecular flexibility index (Phi) is 6.42. The topological polar surface area (TPSA) is 135 Å². The Labute approximate surface area is 193 Å². The first kappa shape index (κ1) is 23.2. The molecule has 10 heteroatoms. The first-order valence-corrected chi connectivity index (χ1v) is 12.4. The van der Waals surface area contributed by atoms with Gasteiger partial charge in [-0.1, -0.05) is 12.1 Å². The number of benzene rings is 1. The van der Waals surface area contributed by atoms with Crippen molar-refractivity contribution in [3.63, 3.8) is 0 Å². The number of rotatable bonds is 9. The van der Waals surface area contributed by atoms with Crippen molar-refractivity contribution in [1.82, 2.24) is 14.8 Å². The fraction of sp³-hybridized carbons (Fsp3) is 0.391. The molecule has 1 aromatic carbocycles. The number of nitrogen functional groups attached to an aromatic ring is 1. The minimum atomic E-state index is -3.84. The van der Waals surface area contributed by atoms with E-state index in [2.05, 4.69) is 22.2 Å². The van der Waals surface area contributed by atoms with Crippen LogP contribution in [0.3, 0.4) is 0 Å². The molecule has 0 aliphatic heterocycles. The summed E-state index contributed by atoms with van der Waals surface area (Å²) >= 11 is 0. The van der Waals surface area contributed by atoms with Gasteiger partial charge < -0.3 is 15.2 Å². The van der Waals surface area contributed by atoms with E-state index in [0.717, 1.165) is 36.1 Å². The molecular weight excluding hydrogens is 442 g/mol. The summed E-state index contributed by atoms with van der Waals surface area (Å²) in [5.74, 6) is 0.500. The minimum Gasteiger partial charge on any atom is -0.475 e. The third-order valence-corrected chi connectivity index (χ3v) is 6.58. The molecule has 0 spiro atoms.